The van der Waals surface area contributed by atoms with Gasteiger partial charge in [-0.1, -0.05) is 11.6 Å². The average Bonchev–Trinajstić information content (AvgIpc) is 2.53. The summed E-state index contributed by atoms with van der Waals surface area (Å²) in [5.74, 6) is 0.634. The first-order valence-corrected chi connectivity index (χ1v) is 4.76. The van der Waals surface area contributed by atoms with Gasteiger partial charge < -0.3 is 5.48 Å². The van der Waals surface area contributed by atoms with Crippen molar-refractivity contribution in [2.45, 2.75) is 0 Å². The van der Waals surface area contributed by atoms with E-state index < -0.39 is 0 Å². The second-order valence-corrected chi connectivity index (χ2v) is 3.61. The molecule has 0 radical (unpaired) electrons. The summed E-state index contributed by atoms with van der Waals surface area (Å²) in [6.07, 6.45) is 3.47. The summed E-state index contributed by atoms with van der Waals surface area (Å²) in [7, 11) is 0. The van der Waals surface area contributed by atoms with E-state index in [1.54, 1.807) is 29.2 Å². The number of aromatic nitrogens is 3. The molecule has 74 valence electrons. The Hall–Kier alpha value is -0.910. The number of nitrogens with zero attached hydrogens (tertiary/aromatic N) is 3. The number of rotatable bonds is 1. The molecule has 2 aromatic heterocycles. The van der Waals surface area contributed by atoms with Crippen molar-refractivity contribution in [2.75, 3.05) is 0 Å². The first kappa shape index (κ1) is 11.2. The number of pyridine rings is 1. The van der Waals surface area contributed by atoms with E-state index in [0.717, 1.165) is 4.60 Å². The molecule has 6 heteroatoms. The molecule has 0 atom stereocenters. The van der Waals surface area contributed by atoms with Crippen LogP contribution in [-0.2, 0) is 0 Å². The predicted molar refractivity (Wildman–Crippen MR) is 57.7 cm³/mol. The highest BCUT2D eigenvalue weighted by Gasteiger charge is 2.03. The smallest absolute Gasteiger partial charge is 0.172 e. The molecule has 0 aliphatic heterocycles. The SMILES string of the molecule is Clc1cccnc1-n1ccc(Br)n1.O. The summed E-state index contributed by atoms with van der Waals surface area (Å²) in [4.78, 5) is 4.11. The molecule has 0 fully saturated rings. The van der Waals surface area contributed by atoms with E-state index in [0.29, 0.717) is 10.8 Å². The van der Waals surface area contributed by atoms with Crippen molar-refractivity contribution < 1.29 is 5.48 Å². The van der Waals surface area contributed by atoms with Gasteiger partial charge in [0.05, 0.1) is 5.02 Å². The summed E-state index contributed by atoms with van der Waals surface area (Å²) in [6, 6.07) is 5.38. The monoisotopic (exact) mass is 275 g/mol. The van der Waals surface area contributed by atoms with Gasteiger partial charge in [-0.25, -0.2) is 9.67 Å². The minimum Gasteiger partial charge on any atom is -0.412 e. The van der Waals surface area contributed by atoms with E-state index in [-0.39, 0.29) is 5.48 Å². The third kappa shape index (κ3) is 2.12. The summed E-state index contributed by atoms with van der Waals surface area (Å²) >= 11 is 9.18. The Bertz CT molecular complexity index is 432. The lowest BCUT2D eigenvalue weighted by atomic mass is 10.4. The van der Waals surface area contributed by atoms with Crippen LogP contribution in [0, 0.1) is 0 Å². The van der Waals surface area contributed by atoms with Gasteiger partial charge in [0.25, 0.3) is 0 Å². The zero-order chi connectivity index (χ0) is 9.26. The lowest BCUT2D eigenvalue weighted by Crippen LogP contribution is -1.98. The lowest BCUT2D eigenvalue weighted by Gasteiger charge is -2.00. The summed E-state index contributed by atoms with van der Waals surface area (Å²) in [6.45, 7) is 0. The van der Waals surface area contributed by atoms with E-state index in [4.69, 9.17) is 11.6 Å². The average molecular weight is 277 g/mol. The lowest BCUT2D eigenvalue weighted by molar-refractivity contribution is 0.824. The van der Waals surface area contributed by atoms with Gasteiger partial charge >= 0.3 is 0 Å². The van der Waals surface area contributed by atoms with Gasteiger partial charge in [-0.2, -0.15) is 5.10 Å². The molecule has 0 spiro atoms. The van der Waals surface area contributed by atoms with Crippen LogP contribution in [0.2, 0.25) is 5.02 Å². The van der Waals surface area contributed by atoms with Crippen molar-refractivity contribution in [1.82, 2.24) is 14.8 Å². The van der Waals surface area contributed by atoms with E-state index in [2.05, 4.69) is 26.0 Å². The summed E-state index contributed by atoms with van der Waals surface area (Å²) in [5.41, 5.74) is 0. The highest BCUT2D eigenvalue weighted by molar-refractivity contribution is 9.10. The normalized spacial score (nSPS) is 9.57. The van der Waals surface area contributed by atoms with Crippen molar-refractivity contribution >= 4 is 27.5 Å². The van der Waals surface area contributed by atoms with E-state index in [9.17, 15) is 0 Å². The Morgan fingerprint density at radius 3 is 2.71 bits per heavy atom. The fourth-order valence-corrected chi connectivity index (χ4v) is 1.46. The van der Waals surface area contributed by atoms with Gasteiger partial charge in [0.2, 0.25) is 0 Å². The molecular weight excluding hydrogens is 269 g/mol. The summed E-state index contributed by atoms with van der Waals surface area (Å²) < 4.78 is 2.38. The molecule has 2 N–H and O–H groups in total. The quantitative estimate of drug-likeness (QED) is 0.798. The zero-order valence-electron chi connectivity index (χ0n) is 6.98. The molecule has 0 saturated carbocycles. The zero-order valence-corrected chi connectivity index (χ0v) is 9.33. The highest BCUT2D eigenvalue weighted by Crippen LogP contribution is 2.17. The Morgan fingerprint density at radius 2 is 2.14 bits per heavy atom. The van der Waals surface area contributed by atoms with Crippen LogP contribution in [-0.4, -0.2) is 20.2 Å². The molecule has 2 heterocycles. The van der Waals surface area contributed by atoms with Crippen LogP contribution < -0.4 is 0 Å². The molecule has 2 rings (SSSR count). The van der Waals surface area contributed by atoms with Crippen molar-refractivity contribution in [3.8, 4) is 5.82 Å². The first-order valence-electron chi connectivity index (χ1n) is 3.59. The van der Waals surface area contributed by atoms with Gasteiger partial charge in [-0.3, -0.25) is 0 Å². The van der Waals surface area contributed by atoms with Gasteiger partial charge in [-0.15, -0.1) is 0 Å². The van der Waals surface area contributed by atoms with Crippen LogP contribution in [0.25, 0.3) is 5.82 Å². The van der Waals surface area contributed by atoms with Crippen molar-refractivity contribution in [1.29, 1.82) is 0 Å². The Kier molecular flexibility index (Phi) is 3.62. The second-order valence-electron chi connectivity index (χ2n) is 2.39. The van der Waals surface area contributed by atoms with Crippen LogP contribution in [0.3, 0.4) is 0 Å². The van der Waals surface area contributed by atoms with Crippen molar-refractivity contribution in [3.63, 3.8) is 0 Å². The third-order valence-electron chi connectivity index (χ3n) is 1.51. The second kappa shape index (κ2) is 4.54. The Labute approximate surface area is 94.0 Å². The van der Waals surface area contributed by atoms with Gasteiger partial charge in [-0.05, 0) is 34.1 Å². The van der Waals surface area contributed by atoms with Gasteiger partial charge in [0, 0.05) is 12.4 Å². The minimum absolute atomic E-state index is 0. The molecule has 4 nitrogen and oxygen atoms in total. The van der Waals surface area contributed by atoms with Crippen molar-refractivity contribution in [3.05, 3.63) is 40.2 Å². The maximum Gasteiger partial charge on any atom is 0.172 e. The Balaban J connectivity index is 0.000000980. The number of hydrogen-bond donors (Lipinski definition) is 0. The molecule has 14 heavy (non-hydrogen) atoms. The first-order chi connectivity index (χ1) is 6.27. The molecular formula is C8H7BrClN3O. The molecule has 0 unspecified atom stereocenters. The maximum atomic E-state index is 5.93. The molecule has 0 aromatic carbocycles. The maximum absolute atomic E-state index is 5.93. The van der Waals surface area contributed by atoms with E-state index >= 15 is 0 Å². The molecule has 2 aromatic rings. The topological polar surface area (TPSA) is 62.2 Å². The van der Waals surface area contributed by atoms with Crippen LogP contribution in [0.4, 0.5) is 0 Å². The van der Waals surface area contributed by atoms with Gasteiger partial charge in [0.1, 0.15) is 4.60 Å². The molecule has 0 amide bonds. The van der Waals surface area contributed by atoms with Crippen LogP contribution in [0.1, 0.15) is 0 Å². The number of halogens is 2. The minimum atomic E-state index is 0. The molecule has 0 saturated heterocycles. The highest BCUT2D eigenvalue weighted by atomic mass is 79.9. The largest absolute Gasteiger partial charge is 0.412 e. The van der Waals surface area contributed by atoms with Crippen molar-refractivity contribution in [2.24, 2.45) is 0 Å². The van der Waals surface area contributed by atoms with Crippen LogP contribution >= 0.6 is 27.5 Å². The Morgan fingerprint density at radius 1 is 1.36 bits per heavy atom. The standard InChI is InChI=1S/C8H5BrClN3.H2O/c9-7-3-5-13(12-7)8-6(10)2-1-4-11-8;/h1-5H;1H2. The third-order valence-corrected chi connectivity index (χ3v) is 2.23. The molecule has 0 bridgehead atoms. The predicted octanol–water partition coefficient (Wildman–Crippen LogP) is 1.86. The van der Waals surface area contributed by atoms with E-state index in [1.807, 2.05) is 6.07 Å². The number of hydrogen-bond acceptors (Lipinski definition) is 2. The van der Waals surface area contributed by atoms with Crippen LogP contribution in [0.5, 0.6) is 0 Å². The molecule has 0 aliphatic carbocycles. The van der Waals surface area contributed by atoms with Gasteiger partial charge in [0.15, 0.2) is 5.82 Å². The fraction of sp³-hybridized carbons (Fsp3) is 0. The van der Waals surface area contributed by atoms with E-state index in [1.165, 1.54) is 0 Å². The van der Waals surface area contributed by atoms with Crippen LogP contribution in [0.15, 0.2) is 35.2 Å². The fourth-order valence-electron chi connectivity index (χ4n) is 0.966. The summed E-state index contributed by atoms with van der Waals surface area (Å²) in [5, 5.41) is 4.71. The molecule has 0 aliphatic rings.